The third-order valence-corrected chi connectivity index (χ3v) is 6.69. The van der Waals surface area contributed by atoms with Crippen LogP contribution in [-0.2, 0) is 21.1 Å². The summed E-state index contributed by atoms with van der Waals surface area (Å²) in [5, 5.41) is 0. The topological polar surface area (TPSA) is 54.5 Å². The van der Waals surface area contributed by atoms with Crippen molar-refractivity contribution in [1.82, 2.24) is 0 Å². The van der Waals surface area contributed by atoms with Crippen molar-refractivity contribution in [3.63, 3.8) is 0 Å². The molecule has 2 rings (SSSR count). The van der Waals surface area contributed by atoms with E-state index in [-0.39, 0.29) is 11.7 Å². The third kappa shape index (κ3) is 3.71. The van der Waals surface area contributed by atoms with Gasteiger partial charge in [0.25, 0.3) is 0 Å². The van der Waals surface area contributed by atoms with Gasteiger partial charge in [0.1, 0.15) is 0 Å². The summed E-state index contributed by atoms with van der Waals surface area (Å²) >= 11 is 3.38. The lowest BCUT2D eigenvalue weighted by Gasteiger charge is -2.16. The standard InChI is InChI=1S/C16H22BrNO3S/c1-11(2)5-4-8-22(20,21)16-10-15-13(9-14(16)17)6-7-18(15)12(3)19/h9-11H,4-8H2,1-3H3. The minimum atomic E-state index is -3.34. The molecule has 1 heterocycles. The van der Waals surface area contributed by atoms with Gasteiger partial charge in [0.2, 0.25) is 5.91 Å². The van der Waals surface area contributed by atoms with Crippen LogP contribution >= 0.6 is 15.9 Å². The van der Waals surface area contributed by atoms with Gasteiger partial charge >= 0.3 is 0 Å². The number of hydrogen-bond donors (Lipinski definition) is 0. The number of nitrogens with zero attached hydrogens (tertiary/aromatic N) is 1. The molecule has 1 aromatic rings. The second-order valence-corrected chi connectivity index (χ2v) is 9.12. The lowest BCUT2D eigenvalue weighted by Crippen LogP contribution is -2.26. The van der Waals surface area contributed by atoms with Crippen LogP contribution in [-0.4, -0.2) is 26.6 Å². The molecule has 22 heavy (non-hydrogen) atoms. The quantitative estimate of drug-likeness (QED) is 0.775. The molecule has 0 aromatic heterocycles. The Labute approximate surface area is 140 Å². The number of fused-ring (bicyclic) bond motifs is 1. The van der Waals surface area contributed by atoms with E-state index in [9.17, 15) is 13.2 Å². The first-order valence-electron chi connectivity index (χ1n) is 7.55. The molecule has 122 valence electrons. The minimum Gasteiger partial charge on any atom is -0.312 e. The van der Waals surface area contributed by atoms with Crippen LogP contribution in [0.1, 0.15) is 39.2 Å². The number of rotatable bonds is 5. The molecule has 0 saturated carbocycles. The van der Waals surface area contributed by atoms with Gasteiger partial charge < -0.3 is 4.90 Å². The molecule has 6 heteroatoms. The Morgan fingerprint density at radius 2 is 2.05 bits per heavy atom. The number of hydrogen-bond acceptors (Lipinski definition) is 3. The van der Waals surface area contributed by atoms with E-state index < -0.39 is 9.84 Å². The van der Waals surface area contributed by atoms with Crippen molar-refractivity contribution in [2.45, 2.75) is 44.9 Å². The predicted octanol–water partition coefficient (Wildman–Crippen LogP) is 3.57. The first-order valence-corrected chi connectivity index (χ1v) is 10.00. The van der Waals surface area contributed by atoms with Crippen molar-refractivity contribution < 1.29 is 13.2 Å². The molecule has 0 unspecified atom stereocenters. The van der Waals surface area contributed by atoms with Gasteiger partial charge in [-0.15, -0.1) is 0 Å². The summed E-state index contributed by atoms with van der Waals surface area (Å²) < 4.78 is 25.8. The number of benzene rings is 1. The zero-order valence-corrected chi connectivity index (χ0v) is 15.6. The highest BCUT2D eigenvalue weighted by Crippen LogP contribution is 2.36. The number of carbonyl (C=O) groups excluding carboxylic acids is 1. The molecule has 0 spiro atoms. The minimum absolute atomic E-state index is 0.0516. The van der Waals surface area contributed by atoms with Gasteiger partial charge in [-0.25, -0.2) is 8.42 Å². The SMILES string of the molecule is CC(=O)N1CCc2cc(Br)c(S(=O)(=O)CCCC(C)C)cc21. The van der Waals surface area contributed by atoms with E-state index in [4.69, 9.17) is 0 Å². The summed E-state index contributed by atoms with van der Waals surface area (Å²) in [6, 6.07) is 3.49. The molecule has 0 saturated heterocycles. The van der Waals surface area contributed by atoms with E-state index in [0.29, 0.717) is 28.3 Å². The van der Waals surface area contributed by atoms with Gasteiger partial charge in [-0.2, -0.15) is 0 Å². The fourth-order valence-corrected chi connectivity index (χ4v) is 5.29. The molecule has 0 aliphatic carbocycles. The highest BCUT2D eigenvalue weighted by Gasteiger charge is 2.27. The highest BCUT2D eigenvalue weighted by molar-refractivity contribution is 9.10. The van der Waals surface area contributed by atoms with Crippen LogP contribution in [0.2, 0.25) is 0 Å². The molecule has 1 aliphatic heterocycles. The van der Waals surface area contributed by atoms with E-state index in [1.807, 2.05) is 6.07 Å². The monoisotopic (exact) mass is 387 g/mol. The Morgan fingerprint density at radius 3 is 2.64 bits per heavy atom. The van der Waals surface area contributed by atoms with Gasteiger partial charge in [0.05, 0.1) is 10.6 Å². The Kier molecular flexibility index (Phi) is 5.33. The second kappa shape index (κ2) is 6.71. The summed E-state index contributed by atoms with van der Waals surface area (Å²) in [6.07, 6.45) is 2.31. The number of anilines is 1. The van der Waals surface area contributed by atoms with E-state index in [0.717, 1.165) is 24.1 Å². The fraction of sp³-hybridized carbons (Fsp3) is 0.562. The number of sulfone groups is 1. The Balaban J connectivity index is 2.32. The van der Waals surface area contributed by atoms with Gasteiger partial charge in [-0.1, -0.05) is 13.8 Å². The summed E-state index contributed by atoms with van der Waals surface area (Å²) in [5.41, 5.74) is 1.75. The molecule has 1 aliphatic rings. The molecule has 4 nitrogen and oxygen atoms in total. The summed E-state index contributed by atoms with van der Waals surface area (Å²) in [7, 11) is -3.34. The summed E-state index contributed by atoms with van der Waals surface area (Å²) in [6.45, 7) is 6.30. The number of amides is 1. The summed E-state index contributed by atoms with van der Waals surface area (Å²) in [4.78, 5) is 13.6. The molecule has 0 radical (unpaired) electrons. The zero-order chi connectivity index (χ0) is 16.5. The molecule has 0 bridgehead atoms. The maximum Gasteiger partial charge on any atom is 0.223 e. The van der Waals surface area contributed by atoms with Crippen LogP contribution in [0.25, 0.3) is 0 Å². The summed E-state index contributed by atoms with van der Waals surface area (Å²) in [5.74, 6) is 0.582. The number of halogens is 1. The molecular weight excluding hydrogens is 366 g/mol. The molecule has 0 fully saturated rings. The Bertz CT molecular complexity index is 683. The average molecular weight is 388 g/mol. The fourth-order valence-electron chi connectivity index (χ4n) is 2.75. The maximum atomic E-state index is 12.6. The van der Waals surface area contributed by atoms with Crippen molar-refractivity contribution in [2.75, 3.05) is 17.2 Å². The van der Waals surface area contributed by atoms with Gasteiger partial charge in [0.15, 0.2) is 9.84 Å². The van der Waals surface area contributed by atoms with Crippen LogP contribution in [0.4, 0.5) is 5.69 Å². The normalized spacial score (nSPS) is 14.5. The molecule has 0 N–H and O–H groups in total. The van der Waals surface area contributed by atoms with Gasteiger partial charge in [-0.05, 0) is 58.8 Å². The van der Waals surface area contributed by atoms with Crippen molar-refractivity contribution in [1.29, 1.82) is 0 Å². The van der Waals surface area contributed by atoms with Crippen LogP contribution < -0.4 is 4.90 Å². The Morgan fingerprint density at radius 1 is 1.36 bits per heavy atom. The van der Waals surface area contributed by atoms with Gasteiger partial charge in [-0.3, -0.25) is 4.79 Å². The maximum absolute atomic E-state index is 12.6. The van der Waals surface area contributed by atoms with E-state index >= 15 is 0 Å². The third-order valence-electron chi connectivity index (χ3n) is 3.94. The van der Waals surface area contributed by atoms with E-state index in [1.54, 1.807) is 11.0 Å². The smallest absolute Gasteiger partial charge is 0.223 e. The molecule has 1 aromatic carbocycles. The average Bonchev–Trinajstić information content (AvgIpc) is 2.79. The van der Waals surface area contributed by atoms with E-state index in [1.165, 1.54) is 6.92 Å². The zero-order valence-electron chi connectivity index (χ0n) is 13.2. The number of carbonyl (C=O) groups is 1. The van der Waals surface area contributed by atoms with Crippen LogP contribution in [0.3, 0.4) is 0 Å². The Hall–Kier alpha value is -0.880. The van der Waals surface area contributed by atoms with Crippen molar-refractivity contribution in [3.05, 3.63) is 22.2 Å². The van der Waals surface area contributed by atoms with Crippen molar-refractivity contribution in [2.24, 2.45) is 5.92 Å². The van der Waals surface area contributed by atoms with Crippen LogP contribution in [0.5, 0.6) is 0 Å². The lowest BCUT2D eigenvalue weighted by molar-refractivity contribution is -0.116. The molecule has 1 amide bonds. The lowest BCUT2D eigenvalue weighted by atomic mass is 10.1. The second-order valence-electron chi connectivity index (χ2n) is 6.19. The first kappa shape index (κ1) is 17.5. The molecule has 0 atom stereocenters. The van der Waals surface area contributed by atoms with Crippen molar-refractivity contribution >= 4 is 37.4 Å². The predicted molar refractivity (Wildman–Crippen MR) is 92.0 cm³/mol. The van der Waals surface area contributed by atoms with Crippen LogP contribution in [0.15, 0.2) is 21.5 Å². The molecular formula is C16H22BrNO3S. The van der Waals surface area contributed by atoms with Crippen LogP contribution in [0, 0.1) is 5.92 Å². The van der Waals surface area contributed by atoms with E-state index in [2.05, 4.69) is 29.8 Å². The first-order chi connectivity index (χ1) is 10.2. The highest BCUT2D eigenvalue weighted by atomic mass is 79.9. The van der Waals surface area contributed by atoms with Crippen molar-refractivity contribution in [3.8, 4) is 0 Å². The largest absolute Gasteiger partial charge is 0.312 e. The van der Waals surface area contributed by atoms with Gasteiger partial charge in [0, 0.05) is 23.6 Å².